The maximum Gasteiger partial charge on any atom is 0.314 e. The fourth-order valence-electron chi connectivity index (χ4n) is 5.62. The van der Waals surface area contributed by atoms with Gasteiger partial charge in [-0.3, -0.25) is 0 Å². The van der Waals surface area contributed by atoms with Crippen molar-refractivity contribution in [3.05, 3.63) is 0 Å². The summed E-state index contributed by atoms with van der Waals surface area (Å²) in [5, 5.41) is 0. The van der Waals surface area contributed by atoms with Gasteiger partial charge in [-0.05, 0) is 137 Å². The molecule has 0 aromatic rings. The average molecular weight is 742 g/mol. The first kappa shape index (κ1) is 41.8. The second kappa shape index (κ2) is 14.1. The summed E-state index contributed by atoms with van der Waals surface area (Å²) in [5.74, 6) is 0. The van der Waals surface area contributed by atoms with E-state index < -0.39 is 85.8 Å². The molecule has 0 N–H and O–H groups in total. The van der Waals surface area contributed by atoms with Crippen LogP contribution >= 0.6 is 0 Å². The minimum absolute atomic E-state index is 1.20. The summed E-state index contributed by atoms with van der Waals surface area (Å²) in [4.78, 5) is 0. The Morgan fingerprint density at radius 1 is 0.275 bits per heavy atom. The third-order valence-electron chi connectivity index (χ3n) is 4.51. The van der Waals surface area contributed by atoms with Crippen LogP contribution in [-0.2, 0) is 37.0 Å². The van der Waals surface area contributed by atoms with E-state index in [1.807, 2.05) is 0 Å². The van der Waals surface area contributed by atoms with Crippen LogP contribution in [0.3, 0.4) is 0 Å². The molecule has 0 aliphatic carbocycles. The average Bonchev–Trinajstić information content (AvgIpc) is 2.39. The largest absolute Gasteiger partial charge is 0.440 e. The quantitative estimate of drug-likeness (QED) is 0.132. The van der Waals surface area contributed by atoms with Gasteiger partial charge in [0.05, 0.1) is 0 Å². The van der Waals surface area contributed by atoms with Gasteiger partial charge in [0.1, 0.15) is 0 Å². The van der Waals surface area contributed by atoms with Crippen molar-refractivity contribution in [3.8, 4) is 0 Å². The summed E-state index contributed by atoms with van der Waals surface area (Å²) >= 11 is 0. The zero-order valence-electron chi connectivity index (χ0n) is 29.8. The van der Waals surface area contributed by atoms with E-state index in [1.54, 1.807) is 0 Å². The van der Waals surface area contributed by atoms with Crippen LogP contribution in [0.4, 0.5) is 0 Å². The zero-order valence-corrected chi connectivity index (χ0v) is 39.9. The van der Waals surface area contributed by atoms with E-state index in [0.29, 0.717) is 0 Å². The molecule has 0 radical (unpaired) electrons. The maximum absolute atomic E-state index is 6.72. The normalized spacial score (nSPS) is 15.8. The van der Waals surface area contributed by atoms with Crippen molar-refractivity contribution in [2.24, 2.45) is 0 Å². The molecule has 9 nitrogen and oxygen atoms in total. The highest BCUT2D eigenvalue weighted by molar-refractivity contribution is 6.92. The second-order valence-electron chi connectivity index (χ2n) is 15.3. The molecule has 19 heteroatoms. The van der Waals surface area contributed by atoms with Crippen molar-refractivity contribution < 1.29 is 37.0 Å². The predicted molar refractivity (Wildman–Crippen MR) is 192 cm³/mol. The first-order chi connectivity index (χ1) is 17.1. The number of hydrogen-bond donors (Lipinski definition) is 0. The molecule has 0 aromatic carbocycles. The lowest BCUT2D eigenvalue weighted by atomic mass is 11.8. The van der Waals surface area contributed by atoms with Crippen LogP contribution in [-0.4, -0.2) is 85.8 Å². The summed E-state index contributed by atoms with van der Waals surface area (Å²) in [7, 11) is -22.9. The second-order valence-corrected chi connectivity index (χ2v) is 51.5. The fraction of sp³-hybridized carbons (Fsp3) is 1.00. The molecule has 40 heavy (non-hydrogen) atoms. The van der Waals surface area contributed by atoms with E-state index in [2.05, 4.69) is 137 Å². The van der Waals surface area contributed by atoms with Gasteiger partial charge in [-0.1, -0.05) is 0 Å². The monoisotopic (exact) mass is 740 g/mol. The van der Waals surface area contributed by atoms with Gasteiger partial charge in [0.25, 0.3) is 0 Å². The highest BCUT2D eigenvalue weighted by atomic mass is 28.5. The summed E-state index contributed by atoms with van der Waals surface area (Å²) in [6, 6.07) is 0. The molecule has 0 heterocycles. The molecule has 0 aromatic heterocycles. The minimum Gasteiger partial charge on any atom is -0.440 e. The Bertz CT molecular complexity index is 813. The van der Waals surface area contributed by atoms with Gasteiger partial charge in [-0.2, -0.15) is 0 Å². The molecule has 0 saturated heterocycles. The topological polar surface area (TPSA) is 83.1 Å². The molecule has 0 unspecified atom stereocenters. The van der Waals surface area contributed by atoms with Gasteiger partial charge in [0, 0.05) is 0 Å². The Kier molecular flexibility index (Phi) is 14.7. The summed E-state index contributed by atoms with van der Waals surface area (Å²) in [6.45, 7) is 44.3. The molecule has 0 aliphatic rings. The Balaban J connectivity index is 5.40. The smallest absolute Gasteiger partial charge is 0.314 e. The van der Waals surface area contributed by atoms with Crippen LogP contribution in [0.2, 0.25) is 137 Å². The van der Waals surface area contributed by atoms with Crippen molar-refractivity contribution in [2.45, 2.75) is 137 Å². The van der Waals surface area contributed by atoms with E-state index in [4.69, 9.17) is 37.0 Å². The molecular weight excluding hydrogens is 677 g/mol. The molecule has 242 valence electrons. The van der Waals surface area contributed by atoms with Crippen LogP contribution in [0.25, 0.3) is 0 Å². The Hall–Kier alpha value is 1.81. The molecule has 0 rings (SSSR count). The summed E-state index contributed by atoms with van der Waals surface area (Å²) < 4.78 is 59.2. The molecule has 0 aliphatic heterocycles. The van der Waals surface area contributed by atoms with Crippen molar-refractivity contribution >= 4 is 85.8 Å². The van der Waals surface area contributed by atoms with E-state index in [1.165, 1.54) is 0 Å². The highest BCUT2D eigenvalue weighted by Crippen LogP contribution is 2.30. The summed E-state index contributed by atoms with van der Waals surface area (Å²) in [5.41, 5.74) is 0. The first-order valence-electron chi connectivity index (χ1n) is 14.4. The summed E-state index contributed by atoms with van der Waals surface area (Å²) in [6.07, 6.45) is 0. The number of hydrogen-bond acceptors (Lipinski definition) is 9. The van der Waals surface area contributed by atoms with Gasteiger partial charge < -0.3 is 37.0 Å². The van der Waals surface area contributed by atoms with Crippen LogP contribution in [0, 0.1) is 0 Å². The SMILES string of the molecule is C[SiH](C)O[Si](C)(C)O[Si](C)(C)O[Si](C)(C)O[Si](C)(C)O[Si](C)(C)O[Si](C)(C)O[Si](C)(C)O[Si](C)(C)O[Si](C)(C)C. The Morgan fingerprint density at radius 3 is 0.625 bits per heavy atom. The Morgan fingerprint density at radius 2 is 0.450 bits per heavy atom. The van der Waals surface area contributed by atoms with Gasteiger partial charge in [0.2, 0.25) is 0 Å². The zero-order chi connectivity index (χ0) is 32.4. The molecule has 0 amide bonds. The van der Waals surface area contributed by atoms with Crippen LogP contribution in [0.5, 0.6) is 0 Å². The Labute approximate surface area is 259 Å². The molecule has 0 spiro atoms. The lowest BCUT2D eigenvalue weighted by molar-refractivity contribution is 0.257. The van der Waals surface area contributed by atoms with Crippen LogP contribution < -0.4 is 0 Å². The first-order valence-corrected chi connectivity index (χ1v) is 43.1. The van der Waals surface area contributed by atoms with Crippen LogP contribution in [0.15, 0.2) is 0 Å². The third-order valence-corrected chi connectivity index (χ3v) is 40.6. The minimum atomic E-state index is -2.62. The van der Waals surface area contributed by atoms with Gasteiger partial charge in [-0.15, -0.1) is 0 Å². The maximum atomic E-state index is 6.72. The van der Waals surface area contributed by atoms with E-state index in [0.717, 1.165) is 0 Å². The van der Waals surface area contributed by atoms with Gasteiger partial charge in [0.15, 0.2) is 17.4 Å². The fourth-order valence-corrected chi connectivity index (χ4v) is 53.6. The number of rotatable bonds is 18. The lowest BCUT2D eigenvalue weighted by Gasteiger charge is -2.44. The standard InChI is InChI=1S/C21H64O9Si10/c1-31(2)22-33(6,7)24-35(10,11)26-37(14,15)28-39(18,19)30-40(20,21)29-38(16,17)27-36(12,13)25-34(8,9)23-32(3,4)5/h31H,1-21H3. The molecule has 0 fully saturated rings. The molecule has 0 atom stereocenters. The van der Waals surface area contributed by atoms with Crippen molar-refractivity contribution in [1.29, 1.82) is 0 Å². The van der Waals surface area contributed by atoms with Crippen molar-refractivity contribution in [2.75, 3.05) is 0 Å². The molecule has 0 saturated carbocycles. The lowest BCUT2D eigenvalue weighted by Crippen LogP contribution is -2.62. The predicted octanol–water partition coefficient (Wildman–Crippen LogP) is 7.57. The third kappa shape index (κ3) is 20.0. The van der Waals surface area contributed by atoms with E-state index in [-0.39, 0.29) is 0 Å². The van der Waals surface area contributed by atoms with E-state index in [9.17, 15) is 0 Å². The van der Waals surface area contributed by atoms with Gasteiger partial charge in [-0.25, -0.2) is 0 Å². The molecular formula is C21H64O9Si10. The van der Waals surface area contributed by atoms with Crippen molar-refractivity contribution in [3.63, 3.8) is 0 Å². The highest BCUT2D eigenvalue weighted by Gasteiger charge is 2.50. The molecule has 0 bridgehead atoms. The van der Waals surface area contributed by atoms with Crippen molar-refractivity contribution in [1.82, 2.24) is 0 Å². The van der Waals surface area contributed by atoms with E-state index >= 15 is 0 Å². The van der Waals surface area contributed by atoms with Gasteiger partial charge >= 0.3 is 68.5 Å². The van der Waals surface area contributed by atoms with Crippen LogP contribution in [0.1, 0.15) is 0 Å².